The van der Waals surface area contributed by atoms with Gasteiger partial charge in [0.05, 0.1) is 25.7 Å². The van der Waals surface area contributed by atoms with Crippen molar-refractivity contribution in [2.24, 2.45) is 0 Å². The highest BCUT2D eigenvalue weighted by atomic mass is 35.5. The number of sulfone groups is 1. The topological polar surface area (TPSA) is 127 Å². The zero-order valence-corrected chi connectivity index (χ0v) is 23.4. The van der Waals surface area contributed by atoms with Crippen molar-refractivity contribution in [3.63, 3.8) is 0 Å². The molecule has 9 nitrogen and oxygen atoms in total. The molecule has 0 amide bonds. The number of ketones is 1. The van der Waals surface area contributed by atoms with Crippen molar-refractivity contribution in [1.82, 2.24) is 4.98 Å². The van der Waals surface area contributed by atoms with Gasteiger partial charge in [-0.1, -0.05) is 17.7 Å². The fourth-order valence-corrected chi connectivity index (χ4v) is 5.14. The van der Waals surface area contributed by atoms with E-state index in [9.17, 15) is 18.3 Å². The summed E-state index contributed by atoms with van der Waals surface area (Å²) in [7, 11) is -0.573. The van der Waals surface area contributed by atoms with Gasteiger partial charge in [-0.2, -0.15) is 0 Å². The molecule has 4 aromatic rings. The molecule has 0 saturated heterocycles. The van der Waals surface area contributed by atoms with Gasteiger partial charge in [-0.25, -0.2) is 8.42 Å². The summed E-state index contributed by atoms with van der Waals surface area (Å²) in [5.41, 5.74) is 2.76. The van der Waals surface area contributed by atoms with Gasteiger partial charge >= 0.3 is 0 Å². The third-order valence-corrected chi connectivity index (χ3v) is 7.54. The van der Waals surface area contributed by atoms with E-state index in [0.29, 0.717) is 50.0 Å². The maximum Gasteiger partial charge on any atom is 0.191 e. The zero-order chi connectivity index (χ0) is 28.3. The summed E-state index contributed by atoms with van der Waals surface area (Å²) in [6.45, 7) is 1.63. The summed E-state index contributed by atoms with van der Waals surface area (Å²) in [6, 6.07) is 12.0. The second-order valence-electron chi connectivity index (χ2n) is 8.93. The lowest BCUT2D eigenvalue weighted by Gasteiger charge is -2.23. The van der Waals surface area contributed by atoms with Crippen molar-refractivity contribution < 1.29 is 32.5 Å². The molecule has 4 rings (SSSR count). The number of aromatic nitrogens is 1. The van der Waals surface area contributed by atoms with E-state index >= 15 is 0 Å². The van der Waals surface area contributed by atoms with Gasteiger partial charge in [-0.3, -0.25) is 4.79 Å². The minimum absolute atomic E-state index is 0.0162. The third-order valence-electron chi connectivity index (χ3n) is 6.22. The van der Waals surface area contributed by atoms with Crippen LogP contribution in [0.5, 0.6) is 17.2 Å². The molecule has 206 valence electrons. The monoisotopic (exact) mass is 572 g/mol. The molecule has 0 spiro atoms. The average molecular weight is 573 g/mol. The number of Topliss-reactive ketones (excluding diaryl/α,β-unsaturated/α-hetero) is 1. The summed E-state index contributed by atoms with van der Waals surface area (Å²) >= 11 is 6.23. The Morgan fingerprint density at radius 2 is 1.85 bits per heavy atom. The predicted octanol–water partition coefficient (Wildman–Crippen LogP) is 4.96. The lowest BCUT2D eigenvalue weighted by molar-refractivity contribution is 0.0969. The first-order valence-electron chi connectivity index (χ1n) is 11.9. The Morgan fingerprint density at radius 3 is 2.51 bits per heavy atom. The SMILES string of the molecule is COc1cc(NC(C(=O)c2c[nH]c3cc(OC)c(C)cc23)c2ccc(Cl)cc2OCCO)cc(S(C)(=O)=O)c1. The Morgan fingerprint density at radius 1 is 1.08 bits per heavy atom. The Labute approximate surface area is 231 Å². The van der Waals surface area contributed by atoms with Gasteiger partial charge in [-0.05, 0) is 42.8 Å². The van der Waals surface area contributed by atoms with Crippen molar-refractivity contribution >= 4 is 43.8 Å². The molecule has 0 fully saturated rings. The van der Waals surface area contributed by atoms with E-state index in [2.05, 4.69) is 10.3 Å². The van der Waals surface area contributed by atoms with E-state index in [1.165, 1.54) is 19.2 Å². The molecule has 11 heteroatoms. The first-order valence-corrected chi connectivity index (χ1v) is 14.2. The molecule has 0 aliphatic rings. The molecule has 0 saturated carbocycles. The molecule has 1 atom stereocenters. The normalized spacial score (nSPS) is 12.3. The molecule has 1 heterocycles. The van der Waals surface area contributed by atoms with Crippen LogP contribution in [0.3, 0.4) is 0 Å². The molecule has 3 aromatic carbocycles. The second kappa shape index (κ2) is 11.6. The maximum absolute atomic E-state index is 14.2. The highest BCUT2D eigenvalue weighted by Gasteiger charge is 2.28. The van der Waals surface area contributed by atoms with E-state index in [-0.39, 0.29) is 23.9 Å². The molecular formula is C28H29ClN2O7S. The van der Waals surface area contributed by atoms with E-state index in [1.54, 1.807) is 37.6 Å². The number of anilines is 1. The van der Waals surface area contributed by atoms with E-state index in [4.69, 9.17) is 25.8 Å². The summed E-state index contributed by atoms with van der Waals surface area (Å²) in [4.78, 5) is 17.4. The molecule has 0 bridgehead atoms. The predicted molar refractivity (Wildman–Crippen MR) is 150 cm³/mol. The quantitative estimate of drug-likeness (QED) is 0.215. The number of aliphatic hydroxyl groups is 1. The number of H-pyrrole nitrogens is 1. The second-order valence-corrected chi connectivity index (χ2v) is 11.4. The number of benzene rings is 3. The number of rotatable bonds is 11. The van der Waals surface area contributed by atoms with Crippen molar-refractivity contribution in [3.8, 4) is 17.2 Å². The van der Waals surface area contributed by atoms with Crippen molar-refractivity contribution in [1.29, 1.82) is 0 Å². The lowest BCUT2D eigenvalue weighted by atomic mass is 9.95. The van der Waals surface area contributed by atoms with Crippen LogP contribution in [0.4, 0.5) is 5.69 Å². The van der Waals surface area contributed by atoms with Crippen molar-refractivity contribution in [3.05, 3.63) is 76.4 Å². The van der Waals surface area contributed by atoms with Crippen LogP contribution < -0.4 is 19.5 Å². The van der Waals surface area contributed by atoms with Gasteiger partial charge < -0.3 is 29.6 Å². The van der Waals surface area contributed by atoms with Crippen LogP contribution in [0.2, 0.25) is 5.02 Å². The van der Waals surface area contributed by atoms with Crippen LogP contribution in [0.25, 0.3) is 10.9 Å². The van der Waals surface area contributed by atoms with Gasteiger partial charge in [0.25, 0.3) is 0 Å². The van der Waals surface area contributed by atoms with Gasteiger partial charge in [0, 0.05) is 57.3 Å². The lowest BCUT2D eigenvalue weighted by Crippen LogP contribution is -2.22. The minimum Gasteiger partial charge on any atom is -0.497 e. The number of aromatic amines is 1. The zero-order valence-electron chi connectivity index (χ0n) is 21.9. The molecule has 0 radical (unpaired) electrons. The fourth-order valence-electron chi connectivity index (χ4n) is 4.30. The standard InChI is InChI=1S/C28H29ClN2O7S/c1-16-9-22-23(15-30-24(22)14-25(16)37-3)28(33)27(21-6-5-17(29)10-26(21)38-8-7-32)31-18-11-19(36-2)13-20(12-18)39(4,34)35/h5-6,9-15,27,30-32H,7-8H2,1-4H3. The number of aryl methyl sites for hydroxylation is 1. The first-order chi connectivity index (χ1) is 18.5. The minimum atomic E-state index is -3.58. The maximum atomic E-state index is 14.2. The van der Waals surface area contributed by atoms with Crippen molar-refractivity contribution in [2.75, 3.05) is 39.0 Å². The van der Waals surface area contributed by atoms with Gasteiger partial charge in [0.1, 0.15) is 29.9 Å². The van der Waals surface area contributed by atoms with Crippen LogP contribution in [0.1, 0.15) is 27.5 Å². The average Bonchev–Trinajstić information content (AvgIpc) is 3.31. The Bertz CT molecular complexity index is 1630. The Balaban J connectivity index is 1.88. The Hall–Kier alpha value is -3.73. The first kappa shape index (κ1) is 28.3. The number of carbonyl (C=O) groups is 1. The van der Waals surface area contributed by atoms with Crippen LogP contribution in [-0.2, 0) is 9.84 Å². The number of carbonyl (C=O) groups excluding carboxylic acids is 1. The molecule has 0 aliphatic carbocycles. The summed E-state index contributed by atoms with van der Waals surface area (Å²) in [6.07, 6.45) is 2.72. The number of fused-ring (bicyclic) bond motifs is 1. The third kappa shape index (κ3) is 6.13. The number of methoxy groups -OCH3 is 2. The molecule has 1 unspecified atom stereocenters. The molecule has 39 heavy (non-hydrogen) atoms. The summed E-state index contributed by atoms with van der Waals surface area (Å²) in [5.74, 6) is 0.964. The number of aliphatic hydroxyl groups excluding tert-OH is 1. The van der Waals surface area contributed by atoms with Crippen LogP contribution in [0, 0.1) is 6.92 Å². The highest BCUT2D eigenvalue weighted by molar-refractivity contribution is 7.90. The van der Waals surface area contributed by atoms with Gasteiger partial charge in [0.2, 0.25) is 0 Å². The highest BCUT2D eigenvalue weighted by Crippen LogP contribution is 2.37. The number of hydrogen-bond acceptors (Lipinski definition) is 8. The smallest absolute Gasteiger partial charge is 0.191 e. The van der Waals surface area contributed by atoms with E-state index in [0.717, 1.165) is 11.8 Å². The summed E-state index contributed by atoms with van der Waals surface area (Å²) < 4.78 is 41.2. The largest absolute Gasteiger partial charge is 0.497 e. The van der Waals surface area contributed by atoms with Gasteiger partial charge in [0.15, 0.2) is 15.6 Å². The Kier molecular flexibility index (Phi) is 8.39. The number of ether oxygens (including phenoxy) is 3. The van der Waals surface area contributed by atoms with Gasteiger partial charge in [-0.15, -0.1) is 0 Å². The number of nitrogens with one attached hydrogen (secondary N) is 2. The van der Waals surface area contributed by atoms with Crippen LogP contribution in [0.15, 0.2) is 59.6 Å². The van der Waals surface area contributed by atoms with Crippen LogP contribution in [-0.4, -0.2) is 58.0 Å². The number of halogens is 1. The molecule has 0 aliphatic heterocycles. The molecule has 3 N–H and O–H groups in total. The van der Waals surface area contributed by atoms with E-state index < -0.39 is 15.9 Å². The molecular weight excluding hydrogens is 544 g/mol. The summed E-state index contributed by atoms with van der Waals surface area (Å²) in [5, 5.41) is 13.6. The molecule has 1 aromatic heterocycles. The van der Waals surface area contributed by atoms with Crippen molar-refractivity contribution in [2.45, 2.75) is 17.9 Å². The van der Waals surface area contributed by atoms with E-state index in [1.807, 2.05) is 19.1 Å². The van der Waals surface area contributed by atoms with Crippen LogP contribution >= 0.6 is 11.6 Å². The fraction of sp³-hybridized carbons (Fsp3) is 0.250. The number of hydrogen-bond donors (Lipinski definition) is 3.